The molecule has 3 heteroatoms. The van der Waals surface area contributed by atoms with Gasteiger partial charge in [-0.1, -0.05) is 6.07 Å². The molecule has 1 aliphatic rings. The first-order chi connectivity index (χ1) is 9.58. The summed E-state index contributed by atoms with van der Waals surface area (Å²) in [5.74, 6) is 0.0107. The second kappa shape index (κ2) is 5.45. The predicted molar refractivity (Wildman–Crippen MR) is 85.6 cm³/mol. The fourth-order valence-corrected chi connectivity index (χ4v) is 3.34. The zero-order valence-corrected chi connectivity index (χ0v) is 14.0. The summed E-state index contributed by atoms with van der Waals surface area (Å²) in [5.41, 5.74) is 2.68. The van der Waals surface area contributed by atoms with Gasteiger partial charge < -0.3 is 10.1 Å². The van der Waals surface area contributed by atoms with Crippen molar-refractivity contribution in [3.8, 4) is 0 Å². The Kier molecular flexibility index (Phi) is 4.16. The summed E-state index contributed by atoms with van der Waals surface area (Å²) in [6.45, 7) is 12.4. The third kappa shape index (κ3) is 4.07. The number of nitrogens with one attached hydrogen (secondary N) is 1. The third-order valence-corrected chi connectivity index (χ3v) is 4.13. The first-order valence-corrected chi connectivity index (χ1v) is 7.66. The Morgan fingerprint density at radius 1 is 1.10 bits per heavy atom. The molecule has 0 aliphatic carbocycles. The smallest absolute Gasteiger partial charge is 0.251 e. The van der Waals surface area contributed by atoms with Crippen molar-refractivity contribution in [2.24, 2.45) is 0 Å². The minimum atomic E-state index is -0.205. The molecular weight excluding hydrogens is 262 g/mol. The number of ether oxygens (including phenoxy) is 1. The van der Waals surface area contributed by atoms with Crippen molar-refractivity contribution in [1.29, 1.82) is 0 Å². The minimum absolute atomic E-state index is 0.0107. The van der Waals surface area contributed by atoms with E-state index in [2.05, 4.69) is 39.9 Å². The van der Waals surface area contributed by atoms with Gasteiger partial charge in [-0.2, -0.15) is 0 Å². The van der Waals surface area contributed by atoms with E-state index in [1.807, 2.05) is 25.1 Å². The number of rotatable bonds is 2. The van der Waals surface area contributed by atoms with Gasteiger partial charge >= 0.3 is 0 Å². The summed E-state index contributed by atoms with van der Waals surface area (Å²) in [6.07, 6.45) is 1.68. The largest absolute Gasteiger partial charge is 0.370 e. The lowest BCUT2D eigenvalue weighted by atomic mass is 9.85. The van der Waals surface area contributed by atoms with Crippen LogP contribution in [0.2, 0.25) is 0 Å². The van der Waals surface area contributed by atoms with Crippen molar-refractivity contribution in [3.63, 3.8) is 0 Å². The number of hydrogen-bond acceptors (Lipinski definition) is 2. The van der Waals surface area contributed by atoms with Crippen LogP contribution >= 0.6 is 0 Å². The van der Waals surface area contributed by atoms with Crippen molar-refractivity contribution >= 4 is 5.91 Å². The van der Waals surface area contributed by atoms with Gasteiger partial charge in [0.2, 0.25) is 0 Å². The molecule has 1 heterocycles. The number of hydrogen-bond donors (Lipinski definition) is 1. The van der Waals surface area contributed by atoms with E-state index in [0.29, 0.717) is 0 Å². The summed E-state index contributed by atoms with van der Waals surface area (Å²) >= 11 is 0. The second-order valence-corrected chi connectivity index (χ2v) is 7.50. The third-order valence-electron chi connectivity index (χ3n) is 4.13. The van der Waals surface area contributed by atoms with Gasteiger partial charge in [-0.25, -0.2) is 0 Å². The van der Waals surface area contributed by atoms with Crippen molar-refractivity contribution in [1.82, 2.24) is 5.32 Å². The molecule has 2 rings (SSSR count). The van der Waals surface area contributed by atoms with Gasteiger partial charge in [-0.05, 0) is 77.6 Å². The maximum Gasteiger partial charge on any atom is 0.251 e. The molecule has 0 atom stereocenters. The Morgan fingerprint density at radius 2 is 1.67 bits per heavy atom. The highest BCUT2D eigenvalue weighted by atomic mass is 16.5. The molecule has 1 aromatic carbocycles. The molecule has 1 saturated heterocycles. The average Bonchev–Trinajstić information content (AvgIpc) is 2.28. The van der Waals surface area contributed by atoms with Crippen LogP contribution < -0.4 is 5.32 Å². The van der Waals surface area contributed by atoms with Gasteiger partial charge in [0.1, 0.15) is 0 Å². The van der Waals surface area contributed by atoms with Gasteiger partial charge in [-0.15, -0.1) is 0 Å². The van der Waals surface area contributed by atoms with E-state index in [-0.39, 0.29) is 23.2 Å². The van der Waals surface area contributed by atoms with Crippen LogP contribution in [0.1, 0.15) is 62.0 Å². The van der Waals surface area contributed by atoms with Crippen LogP contribution in [0.5, 0.6) is 0 Å². The van der Waals surface area contributed by atoms with E-state index in [1.165, 1.54) is 5.56 Å². The van der Waals surface area contributed by atoms with Crippen LogP contribution in [0, 0.1) is 13.8 Å². The van der Waals surface area contributed by atoms with E-state index in [9.17, 15) is 4.79 Å². The molecule has 1 aromatic rings. The molecule has 0 spiro atoms. The van der Waals surface area contributed by atoms with Crippen LogP contribution in [0.4, 0.5) is 0 Å². The molecule has 0 aromatic heterocycles. The van der Waals surface area contributed by atoms with Crippen LogP contribution in [0.15, 0.2) is 18.2 Å². The van der Waals surface area contributed by atoms with E-state index in [1.54, 1.807) is 0 Å². The quantitative estimate of drug-likeness (QED) is 0.900. The molecule has 1 amide bonds. The molecule has 3 nitrogen and oxygen atoms in total. The fourth-order valence-electron chi connectivity index (χ4n) is 3.34. The highest BCUT2D eigenvalue weighted by Gasteiger charge is 2.39. The highest BCUT2D eigenvalue weighted by molar-refractivity contribution is 5.94. The van der Waals surface area contributed by atoms with E-state index in [0.717, 1.165) is 24.0 Å². The Labute approximate surface area is 128 Å². The number of amides is 1. The number of benzene rings is 1. The SMILES string of the molecule is Cc1ccc(C(=O)NC2CC(C)(C)OC(C)(C)C2)cc1C. The fraction of sp³-hybridized carbons (Fsp3) is 0.611. The Bertz CT molecular complexity index is 530. The lowest BCUT2D eigenvalue weighted by Gasteiger charge is -2.45. The molecule has 1 N–H and O–H groups in total. The van der Waals surface area contributed by atoms with Crippen molar-refractivity contribution in [2.75, 3.05) is 0 Å². The first kappa shape index (κ1) is 16.0. The monoisotopic (exact) mass is 289 g/mol. The molecular formula is C18H27NO2. The molecule has 1 aliphatic heterocycles. The molecule has 0 bridgehead atoms. The molecule has 1 fully saturated rings. The minimum Gasteiger partial charge on any atom is -0.370 e. The molecule has 0 radical (unpaired) electrons. The van der Waals surface area contributed by atoms with E-state index < -0.39 is 0 Å². The van der Waals surface area contributed by atoms with Gasteiger partial charge in [-0.3, -0.25) is 4.79 Å². The summed E-state index contributed by atoms with van der Waals surface area (Å²) < 4.78 is 6.06. The van der Waals surface area contributed by atoms with Crippen LogP contribution in [-0.2, 0) is 4.74 Å². The lowest BCUT2D eigenvalue weighted by Crippen LogP contribution is -2.53. The summed E-state index contributed by atoms with van der Waals surface area (Å²) in [5, 5.41) is 3.17. The van der Waals surface area contributed by atoms with E-state index in [4.69, 9.17) is 4.74 Å². The lowest BCUT2D eigenvalue weighted by molar-refractivity contribution is -0.162. The maximum absolute atomic E-state index is 12.4. The van der Waals surface area contributed by atoms with Gasteiger partial charge in [0, 0.05) is 11.6 Å². The molecule has 0 saturated carbocycles. The Morgan fingerprint density at radius 3 is 2.19 bits per heavy atom. The summed E-state index contributed by atoms with van der Waals surface area (Å²) in [6, 6.07) is 6.01. The van der Waals surface area contributed by atoms with Crippen molar-refractivity contribution in [2.45, 2.75) is 71.6 Å². The highest BCUT2D eigenvalue weighted by Crippen LogP contribution is 2.34. The molecule has 116 valence electrons. The van der Waals surface area contributed by atoms with Gasteiger partial charge in [0.05, 0.1) is 11.2 Å². The first-order valence-electron chi connectivity index (χ1n) is 7.66. The van der Waals surface area contributed by atoms with Crippen molar-refractivity contribution < 1.29 is 9.53 Å². The number of aryl methyl sites for hydroxylation is 2. The number of carbonyl (C=O) groups is 1. The van der Waals surface area contributed by atoms with Crippen LogP contribution in [0.3, 0.4) is 0 Å². The summed E-state index contributed by atoms with van der Waals surface area (Å²) in [7, 11) is 0. The average molecular weight is 289 g/mol. The Hall–Kier alpha value is -1.35. The molecule has 0 unspecified atom stereocenters. The predicted octanol–water partition coefficient (Wildman–Crippen LogP) is 3.77. The van der Waals surface area contributed by atoms with Crippen LogP contribution in [-0.4, -0.2) is 23.2 Å². The molecule has 21 heavy (non-hydrogen) atoms. The normalized spacial score (nSPS) is 21.0. The standard InChI is InChI=1S/C18H27NO2/c1-12-7-8-14(9-13(12)2)16(20)19-15-10-17(3,4)21-18(5,6)11-15/h7-9,15H,10-11H2,1-6H3,(H,19,20). The van der Waals surface area contributed by atoms with Gasteiger partial charge in [0.25, 0.3) is 5.91 Å². The Balaban J connectivity index is 2.10. The van der Waals surface area contributed by atoms with Gasteiger partial charge in [0.15, 0.2) is 0 Å². The topological polar surface area (TPSA) is 38.3 Å². The van der Waals surface area contributed by atoms with E-state index >= 15 is 0 Å². The zero-order chi connectivity index (χ0) is 15.8. The zero-order valence-electron chi connectivity index (χ0n) is 14.0. The van der Waals surface area contributed by atoms with Crippen LogP contribution in [0.25, 0.3) is 0 Å². The maximum atomic E-state index is 12.4. The van der Waals surface area contributed by atoms with Crippen molar-refractivity contribution in [3.05, 3.63) is 34.9 Å². The number of carbonyl (C=O) groups excluding carboxylic acids is 1. The summed E-state index contributed by atoms with van der Waals surface area (Å²) in [4.78, 5) is 12.4. The second-order valence-electron chi connectivity index (χ2n) is 7.50.